The van der Waals surface area contributed by atoms with Gasteiger partial charge < -0.3 is 0 Å². The summed E-state index contributed by atoms with van der Waals surface area (Å²) in [4.78, 5) is 26.9. The molecule has 3 nitrogen and oxygen atoms in total. The summed E-state index contributed by atoms with van der Waals surface area (Å²) < 4.78 is 0. The summed E-state index contributed by atoms with van der Waals surface area (Å²) in [5.41, 5.74) is 4.95. The quantitative estimate of drug-likeness (QED) is 0.125. The van der Waals surface area contributed by atoms with E-state index in [1.165, 1.54) is 101 Å². The Kier molecular flexibility index (Phi) is 16.0. The maximum Gasteiger partial charge on any atom is 0.403 e. The predicted octanol–water partition coefficient (Wildman–Crippen LogP) is 9.81. The number of hydrogen-bond donors (Lipinski definition) is 3. The van der Waals surface area contributed by atoms with Crippen molar-refractivity contribution in [3.8, 4) is 0 Å². The van der Waals surface area contributed by atoms with Crippen LogP contribution in [0.5, 0.6) is 0 Å². The summed E-state index contributed by atoms with van der Waals surface area (Å²) in [6.07, 6.45) is 21.8. The van der Waals surface area contributed by atoms with Crippen molar-refractivity contribution in [1.29, 1.82) is 0 Å². The molecular weight excluding hydrogens is 463 g/mol. The van der Waals surface area contributed by atoms with Crippen LogP contribution in [0.15, 0.2) is 18.2 Å². The van der Waals surface area contributed by atoms with E-state index in [9.17, 15) is 0 Å². The highest BCUT2D eigenvalue weighted by Gasteiger charge is 2.27. The molecule has 0 atom stereocenters. The molecule has 0 heterocycles. The lowest BCUT2D eigenvalue weighted by molar-refractivity contribution is 0.328. The minimum atomic E-state index is -3.53. The zero-order chi connectivity index (χ0) is 27.1. The van der Waals surface area contributed by atoms with Crippen LogP contribution < -0.4 is 0 Å². The van der Waals surface area contributed by atoms with Gasteiger partial charge in [0, 0.05) is 0 Å². The minimum Gasteiger partial charge on any atom is -0.193 e. The van der Waals surface area contributed by atoms with Crippen molar-refractivity contribution < 1.29 is 14.7 Å². The largest absolute Gasteiger partial charge is 0.403 e. The minimum absolute atomic E-state index is 0.164. The van der Waals surface area contributed by atoms with Crippen molar-refractivity contribution in [1.82, 2.24) is 0 Å². The zero-order valence-corrected chi connectivity index (χ0v) is 25.6. The van der Waals surface area contributed by atoms with E-state index < -0.39 is 7.94 Å². The molecule has 0 bridgehead atoms. The molecule has 0 spiro atoms. The molecule has 0 saturated heterocycles. The molecule has 3 N–H and O–H groups in total. The first-order valence-corrected chi connectivity index (χ1v) is 16.8. The average molecular weight is 524 g/mol. The second kappa shape index (κ2) is 17.2. The molecule has 1 aromatic carbocycles. The van der Waals surface area contributed by atoms with Gasteiger partial charge in [-0.1, -0.05) is 143 Å². The van der Waals surface area contributed by atoms with Crippen LogP contribution >= 0.6 is 7.94 Å². The third kappa shape index (κ3) is 16.4. The second-order valence-corrected chi connectivity index (χ2v) is 15.0. The number of benzene rings is 1. The first-order valence-electron chi connectivity index (χ1n) is 15.0. The van der Waals surface area contributed by atoms with Crippen molar-refractivity contribution in [2.24, 2.45) is 0 Å². The van der Waals surface area contributed by atoms with Gasteiger partial charge in [-0.2, -0.15) is 14.7 Å². The van der Waals surface area contributed by atoms with Crippen molar-refractivity contribution >= 4 is 7.94 Å². The molecule has 0 aliphatic carbocycles. The maximum absolute atomic E-state index is 8.96. The van der Waals surface area contributed by atoms with E-state index in [1.807, 2.05) is 0 Å². The Morgan fingerprint density at radius 3 is 1.28 bits per heavy atom. The van der Waals surface area contributed by atoms with Crippen LogP contribution in [-0.4, -0.2) is 20.8 Å². The van der Waals surface area contributed by atoms with Gasteiger partial charge in [0.15, 0.2) is 0 Å². The predicted molar refractivity (Wildman–Crippen MR) is 160 cm³/mol. The number of rotatable bonds is 19. The summed E-state index contributed by atoms with van der Waals surface area (Å²) in [5, 5.41) is 0. The van der Waals surface area contributed by atoms with Gasteiger partial charge in [-0.25, -0.2) is 0 Å². The van der Waals surface area contributed by atoms with E-state index in [2.05, 4.69) is 59.7 Å². The fraction of sp³-hybridized carbons (Fsp3) is 0.812. The van der Waals surface area contributed by atoms with Crippen LogP contribution in [0.25, 0.3) is 0 Å². The third-order valence-corrected chi connectivity index (χ3v) is 8.35. The molecule has 0 radical (unpaired) electrons. The Morgan fingerprint density at radius 1 is 0.528 bits per heavy atom. The van der Waals surface area contributed by atoms with Crippen LogP contribution in [0.3, 0.4) is 0 Å². The molecule has 1 aromatic rings. The third-order valence-electron chi connectivity index (χ3n) is 7.44. The lowest BCUT2D eigenvalue weighted by Gasteiger charge is -2.27. The molecule has 1 rings (SSSR count). The van der Waals surface area contributed by atoms with Crippen LogP contribution in [0.2, 0.25) is 0 Å². The Bertz CT molecular complexity index is 695. The van der Waals surface area contributed by atoms with Crippen molar-refractivity contribution in [2.45, 2.75) is 162 Å². The molecule has 4 heteroatoms. The number of unbranched alkanes of at least 4 members (excludes halogenated alkanes) is 15. The normalized spacial score (nSPS) is 12.9. The highest BCUT2D eigenvalue weighted by Crippen LogP contribution is 2.45. The molecule has 0 aromatic heterocycles. The molecule has 210 valence electrons. The first kappa shape index (κ1) is 33.6. The van der Waals surface area contributed by atoms with E-state index in [1.54, 1.807) is 5.56 Å². The van der Waals surface area contributed by atoms with Gasteiger partial charge >= 0.3 is 7.94 Å². The van der Waals surface area contributed by atoms with E-state index >= 15 is 0 Å². The van der Waals surface area contributed by atoms with Gasteiger partial charge in [-0.3, -0.25) is 0 Å². The van der Waals surface area contributed by atoms with E-state index in [0.29, 0.717) is 0 Å². The topological polar surface area (TPSA) is 60.7 Å². The van der Waals surface area contributed by atoms with Gasteiger partial charge in [0.1, 0.15) is 6.16 Å². The van der Waals surface area contributed by atoms with Gasteiger partial charge in [0.05, 0.1) is 0 Å². The fourth-order valence-corrected chi connectivity index (χ4v) is 5.72. The van der Waals surface area contributed by atoms with E-state index in [4.69, 9.17) is 14.7 Å². The van der Waals surface area contributed by atoms with Gasteiger partial charge in [-0.05, 0) is 53.2 Å². The number of aryl methyl sites for hydroxylation is 1. The fourth-order valence-electron chi connectivity index (χ4n) is 5.07. The molecule has 0 saturated carbocycles. The average Bonchev–Trinajstić information content (AvgIpc) is 2.76. The maximum atomic E-state index is 8.96. The molecule has 0 unspecified atom stereocenters. The van der Waals surface area contributed by atoms with Crippen LogP contribution in [-0.2, 0) is 17.3 Å². The van der Waals surface area contributed by atoms with Gasteiger partial charge in [0.25, 0.3) is 0 Å². The molecule has 36 heavy (non-hydrogen) atoms. The smallest absolute Gasteiger partial charge is 0.193 e. The van der Waals surface area contributed by atoms with Crippen LogP contribution in [0.4, 0.5) is 0 Å². The van der Waals surface area contributed by atoms with Gasteiger partial charge in [-0.15, -0.1) is 0 Å². The Balaban J connectivity index is 2.01. The summed E-state index contributed by atoms with van der Waals surface area (Å²) in [6.45, 7) is 14.0. The zero-order valence-electron chi connectivity index (χ0n) is 24.7. The highest BCUT2D eigenvalue weighted by molar-refractivity contribution is 7.58. The molecular formula is C32H60O3P+. The SMILES string of the molecule is CC(C)(C)c1ccc(CCCCCCCCCCCCCCCCCC[P+](O)(O)O)c(C(C)(C)C)c1. The lowest BCUT2D eigenvalue weighted by atomic mass is 9.77. The molecule has 0 aliphatic rings. The van der Waals surface area contributed by atoms with E-state index in [-0.39, 0.29) is 17.0 Å². The summed E-state index contributed by atoms with van der Waals surface area (Å²) in [7, 11) is -3.53. The monoisotopic (exact) mass is 523 g/mol. The van der Waals surface area contributed by atoms with Gasteiger partial charge in [0.2, 0.25) is 0 Å². The van der Waals surface area contributed by atoms with Crippen molar-refractivity contribution in [3.63, 3.8) is 0 Å². The first-order chi connectivity index (χ1) is 16.8. The number of hydrogen-bond acceptors (Lipinski definition) is 3. The molecule has 0 aliphatic heterocycles. The lowest BCUT2D eigenvalue weighted by Crippen LogP contribution is -2.18. The van der Waals surface area contributed by atoms with Crippen LogP contribution in [0.1, 0.15) is 161 Å². The van der Waals surface area contributed by atoms with Crippen molar-refractivity contribution in [3.05, 3.63) is 34.9 Å². The summed E-state index contributed by atoms with van der Waals surface area (Å²) in [5.74, 6) is 0. The second-order valence-electron chi connectivity index (χ2n) is 13.2. The molecule has 0 fully saturated rings. The summed E-state index contributed by atoms with van der Waals surface area (Å²) in [6, 6.07) is 7.22. The van der Waals surface area contributed by atoms with E-state index in [0.717, 1.165) is 19.3 Å². The summed E-state index contributed by atoms with van der Waals surface area (Å²) >= 11 is 0. The molecule has 0 amide bonds. The standard InChI is InChI=1S/C32H60O3P/c1-31(2,3)29-25-24-28(30(27-29)32(4,5)6)23-21-19-17-15-13-11-9-7-8-10-12-14-16-18-20-22-26-36(33,34)35/h24-25,27,33-35H,7-23,26H2,1-6H3/q+1. The Morgan fingerprint density at radius 2 is 0.917 bits per heavy atom. The highest BCUT2D eigenvalue weighted by atomic mass is 31.2. The van der Waals surface area contributed by atoms with Crippen LogP contribution in [0, 0.1) is 0 Å². The Labute approximate surface area is 225 Å². The van der Waals surface area contributed by atoms with Crippen molar-refractivity contribution in [2.75, 3.05) is 6.16 Å². The Hall–Kier alpha value is -0.470.